The normalized spacial score (nSPS) is 10.4. The summed E-state index contributed by atoms with van der Waals surface area (Å²) in [6, 6.07) is 4.25. The molecule has 0 saturated heterocycles. The zero-order valence-electron chi connectivity index (χ0n) is 9.69. The molecule has 0 radical (unpaired) electrons. The highest BCUT2D eigenvalue weighted by Gasteiger charge is 2.09. The molecule has 0 bridgehead atoms. The van der Waals surface area contributed by atoms with Crippen molar-refractivity contribution in [1.29, 1.82) is 0 Å². The van der Waals surface area contributed by atoms with Gasteiger partial charge in [0.05, 0.1) is 6.33 Å². The molecule has 0 atom stereocenters. The molecule has 94 valence electrons. The van der Waals surface area contributed by atoms with Gasteiger partial charge < -0.3 is 14.2 Å². The van der Waals surface area contributed by atoms with Gasteiger partial charge in [0, 0.05) is 31.5 Å². The van der Waals surface area contributed by atoms with Gasteiger partial charge in [0.15, 0.2) is 0 Å². The molecular formula is C12H13N3O3. The molecular weight excluding hydrogens is 234 g/mol. The van der Waals surface area contributed by atoms with E-state index in [1.54, 1.807) is 12.5 Å². The van der Waals surface area contributed by atoms with Crippen molar-refractivity contribution in [1.82, 2.24) is 14.1 Å². The summed E-state index contributed by atoms with van der Waals surface area (Å²) in [5.74, 6) is -1.09. The molecule has 2 aromatic heterocycles. The number of carbonyl (C=O) groups is 1. The lowest BCUT2D eigenvalue weighted by atomic mass is 10.3. The SMILES string of the molecule is O=C(O)c1cccc(=O)n1CCCn1ccnc1. The minimum Gasteiger partial charge on any atom is -0.477 e. The van der Waals surface area contributed by atoms with Crippen LogP contribution in [0.5, 0.6) is 0 Å². The first kappa shape index (κ1) is 12.1. The lowest BCUT2D eigenvalue weighted by molar-refractivity contribution is 0.0683. The molecule has 2 aromatic rings. The van der Waals surface area contributed by atoms with Crippen molar-refractivity contribution >= 4 is 5.97 Å². The lowest BCUT2D eigenvalue weighted by Crippen LogP contribution is -2.25. The second-order valence-corrected chi connectivity index (χ2v) is 3.86. The maximum Gasteiger partial charge on any atom is 0.352 e. The molecule has 2 heterocycles. The standard InChI is InChI=1S/C12H13N3O3/c16-11-4-1-3-10(12(17)18)15(11)7-2-6-14-8-5-13-9-14/h1,3-5,8-9H,2,6-7H2,(H,17,18). The Labute approximate surface area is 103 Å². The van der Waals surface area contributed by atoms with E-state index in [2.05, 4.69) is 4.98 Å². The molecule has 6 heteroatoms. The zero-order chi connectivity index (χ0) is 13.0. The largest absolute Gasteiger partial charge is 0.477 e. The summed E-state index contributed by atoms with van der Waals surface area (Å²) in [6.07, 6.45) is 5.86. The van der Waals surface area contributed by atoms with E-state index in [4.69, 9.17) is 5.11 Å². The number of aryl methyl sites for hydroxylation is 1. The van der Waals surface area contributed by atoms with Crippen LogP contribution in [0.25, 0.3) is 0 Å². The summed E-state index contributed by atoms with van der Waals surface area (Å²) in [5.41, 5.74) is -0.270. The molecule has 0 aliphatic carbocycles. The number of hydrogen-bond acceptors (Lipinski definition) is 3. The average Bonchev–Trinajstić information content (AvgIpc) is 2.84. The van der Waals surface area contributed by atoms with Crippen molar-refractivity contribution in [2.75, 3.05) is 0 Å². The monoisotopic (exact) mass is 247 g/mol. The fraction of sp³-hybridized carbons (Fsp3) is 0.250. The number of nitrogens with zero attached hydrogens (tertiary/aromatic N) is 3. The van der Waals surface area contributed by atoms with E-state index in [9.17, 15) is 9.59 Å². The average molecular weight is 247 g/mol. The Balaban J connectivity index is 2.09. The number of hydrogen-bond donors (Lipinski definition) is 1. The molecule has 0 spiro atoms. The van der Waals surface area contributed by atoms with Crippen molar-refractivity contribution in [3.05, 3.63) is 53.0 Å². The van der Waals surface area contributed by atoms with Gasteiger partial charge in [-0.05, 0) is 12.5 Å². The number of carboxylic acids is 1. The van der Waals surface area contributed by atoms with Crippen LogP contribution >= 0.6 is 0 Å². The number of rotatable bonds is 5. The van der Waals surface area contributed by atoms with Crippen LogP contribution in [-0.4, -0.2) is 25.2 Å². The number of imidazole rings is 1. The second kappa shape index (κ2) is 5.31. The fourth-order valence-corrected chi connectivity index (χ4v) is 1.77. The minimum absolute atomic E-state index is 0.0214. The molecule has 2 rings (SSSR count). The quantitative estimate of drug-likeness (QED) is 0.849. The predicted molar refractivity (Wildman–Crippen MR) is 64.5 cm³/mol. The third-order valence-electron chi connectivity index (χ3n) is 2.63. The molecule has 0 amide bonds. The van der Waals surface area contributed by atoms with E-state index in [0.717, 1.165) is 0 Å². The maximum atomic E-state index is 11.6. The van der Waals surface area contributed by atoms with E-state index in [1.807, 2.05) is 10.8 Å². The molecule has 0 aromatic carbocycles. The highest BCUT2D eigenvalue weighted by molar-refractivity contribution is 5.85. The molecule has 6 nitrogen and oxygen atoms in total. The van der Waals surface area contributed by atoms with Crippen LogP contribution in [0, 0.1) is 0 Å². The Kier molecular flexibility index (Phi) is 3.57. The second-order valence-electron chi connectivity index (χ2n) is 3.86. The van der Waals surface area contributed by atoms with Crippen molar-refractivity contribution in [3.63, 3.8) is 0 Å². The van der Waals surface area contributed by atoms with E-state index in [-0.39, 0.29) is 11.3 Å². The minimum atomic E-state index is -1.09. The van der Waals surface area contributed by atoms with Crippen LogP contribution in [0.15, 0.2) is 41.7 Å². The van der Waals surface area contributed by atoms with Crippen molar-refractivity contribution < 1.29 is 9.90 Å². The van der Waals surface area contributed by atoms with Gasteiger partial charge in [-0.1, -0.05) is 6.07 Å². The van der Waals surface area contributed by atoms with Crippen LogP contribution in [-0.2, 0) is 13.1 Å². The summed E-state index contributed by atoms with van der Waals surface area (Å²) in [5, 5.41) is 9.00. The summed E-state index contributed by atoms with van der Waals surface area (Å²) in [4.78, 5) is 26.5. The van der Waals surface area contributed by atoms with Gasteiger partial charge in [-0.15, -0.1) is 0 Å². The molecule has 0 aliphatic heterocycles. The van der Waals surface area contributed by atoms with Gasteiger partial charge in [0.1, 0.15) is 5.69 Å². The third kappa shape index (κ3) is 2.65. The summed E-state index contributed by atoms with van der Waals surface area (Å²) in [6.45, 7) is 1.07. The number of pyridine rings is 1. The van der Waals surface area contributed by atoms with E-state index in [1.165, 1.54) is 22.8 Å². The Morgan fingerprint density at radius 1 is 1.33 bits per heavy atom. The molecule has 0 unspecified atom stereocenters. The first-order chi connectivity index (χ1) is 8.68. The summed E-state index contributed by atoms with van der Waals surface area (Å²) in [7, 11) is 0. The number of aromatic nitrogens is 3. The molecule has 0 saturated carbocycles. The van der Waals surface area contributed by atoms with Crippen molar-refractivity contribution in [2.45, 2.75) is 19.5 Å². The van der Waals surface area contributed by atoms with Crippen LogP contribution < -0.4 is 5.56 Å². The van der Waals surface area contributed by atoms with Gasteiger partial charge >= 0.3 is 5.97 Å². The number of aromatic carboxylic acids is 1. The van der Waals surface area contributed by atoms with E-state index in [0.29, 0.717) is 19.5 Å². The Morgan fingerprint density at radius 2 is 2.17 bits per heavy atom. The molecule has 1 N–H and O–H groups in total. The van der Waals surface area contributed by atoms with Gasteiger partial charge in [0.25, 0.3) is 5.56 Å². The zero-order valence-corrected chi connectivity index (χ0v) is 9.69. The van der Waals surface area contributed by atoms with E-state index < -0.39 is 5.97 Å². The molecule has 0 aliphatic rings. The summed E-state index contributed by atoms with van der Waals surface area (Å²) >= 11 is 0. The van der Waals surface area contributed by atoms with Gasteiger partial charge in [-0.3, -0.25) is 4.79 Å². The van der Waals surface area contributed by atoms with Crippen LogP contribution in [0.4, 0.5) is 0 Å². The van der Waals surface area contributed by atoms with E-state index >= 15 is 0 Å². The molecule has 0 fully saturated rings. The predicted octanol–water partition coefficient (Wildman–Crippen LogP) is 0.833. The highest BCUT2D eigenvalue weighted by Crippen LogP contribution is 2.00. The first-order valence-corrected chi connectivity index (χ1v) is 5.57. The fourth-order valence-electron chi connectivity index (χ4n) is 1.77. The topological polar surface area (TPSA) is 77.1 Å². The first-order valence-electron chi connectivity index (χ1n) is 5.57. The van der Waals surface area contributed by atoms with Crippen LogP contribution in [0.1, 0.15) is 16.9 Å². The van der Waals surface area contributed by atoms with Crippen molar-refractivity contribution in [2.24, 2.45) is 0 Å². The number of carboxylic acid groups (broad SMARTS) is 1. The van der Waals surface area contributed by atoms with Crippen LogP contribution in [0.2, 0.25) is 0 Å². The van der Waals surface area contributed by atoms with Crippen LogP contribution in [0.3, 0.4) is 0 Å². The van der Waals surface area contributed by atoms with Gasteiger partial charge in [-0.2, -0.15) is 0 Å². The van der Waals surface area contributed by atoms with Crippen molar-refractivity contribution in [3.8, 4) is 0 Å². The lowest BCUT2D eigenvalue weighted by Gasteiger charge is -2.09. The Morgan fingerprint density at radius 3 is 2.83 bits per heavy atom. The van der Waals surface area contributed by atoms with Gasteiger partial charge in [-0.25, -0.2) is 9.78 Å². The Bertz CT molecular complexity index is 587. The summed E-state index contributed by atoms with van der Waals surface area (Å²) < 4.78 is 3.16. The third-order valence-corrected chi connectivity index (χ3v) is 2.63. The maximum absolute atomic E-state index is 11.6. The molecule has 18 heavy (non-hydrogen) atoms. The smallest absolute Gasteiger partial charge is 0.352 e. The highest BCUT2D eigenvalue weighted by atomic mass is 16.4. The Hall–Kier alpha value is -2.37. The van der Waals surface area contributed by atoms with Gasteiger partial charge in [0.2, 0.25) is 0 Å².